The molecule has 5 heteroatoms. The van der Waals surface area contributed by atoms with E-state index in [1.807, 2.05) is 6.07 Å². The van der Waals surface area contributed by atoms with Gasteiger partial charge in [-0.15, -0.1) is 0 Å². The number of rotatable bonds is 7. The molecule has 0 aliphatic carbocycles. The van der Waals surface area contributed by atoms with Crippen molar-refractivity contribution in [2.75, 3.05) is 31.7 Å². The van der Waals surface area contributed by atoms with Crippen molar-refractivity contribution in [3.63, 3.8) is 0 Å². The topological polar surface area (TPSA) is 67.3 Å². The summed E-state index contributed by atoms with van der Waals surface area (Å²) in [4.78, 5) is 8.18. The van der Waals surface area contributed by atoms with Crippen LogP contribution in [0.15, 0.2) is 12.4 Å². The van der Waals surface area contributed by atoms with E-state index in [1.54, 1.807) is 6.33 Å². The lowest BCUT2D eigenvalue weighted by atomic mass is 10.3. The molecule has 0 aromatic carbocycles. The maximum Gasteiger partial charge on any atom is 0.129 e. The van der Waals surface area contributed by atoms with Crippen molar-refractivity contribution < 1.29 is 9.84 Å². The van der Waals surface area contributed by atoms with Crippen LogP contribution in [0, 0.1) is 0 Å². The highest BCUT2D eigenvalue weighted by atomic mass is 16.5. The summed E-state index contributed by atoms with van der Waals surface area (Å²) in [6, 6.07) is 1.92. The molecule has 1 aromatic rings. The molecule has 1 aromatic heterocycles. The lowest BCUT2D eigenvalue weighted by molar-refractivity contribution is 0.0992. The Morgan fingerprint density at radius 2 is 2.27 bits per heavy atom. The van der Waals surface area contributed by atoms with E-state index in [-0.39, 0.29) is 6.61 Å². The van der Waals surface area contributed by atoms with Gasteiger partial charge in [0.05, 0.1) is 19.8 Å². The quantitative estimate of drug-likeness (QED) is 0.641. The molecule has 0 fully saturated rings. The molecule has 0 atom stereocenters. The Kier molecular flexibility index (Phi) is 5.65. The number of nitrogens with zero attached hydrogens (tertiary/aromatic N) is 2. The number of nitrogens with one attached hydrogen (secondary N) is 1. The van der Waals surface area contributed by atoms with E-state index in [9.17, 15) is 0 Å². The van der Waals surface area contributed by atoms with Crippen LogP contribution in [0.4, 0.5) is 5.82 Å². The number of aliphatic hydroxyl groups is 1. The molecule has 84 valence electrons. The van der Waals surface area contributed by atoms with Crippen LogP contribution in [0.5, 0.6) is 0 Å². The number of aliphatic hydroxyl groups excluding tert-OH is 1. The maximum absolute atomic E-state index is 8.48. The van der Waals surface area contributed by atoms with Crippen molar-refractivity contribution in [2.24, 2.45) is 0 Å². The van der Waals surface area contributed by atoms with Crippen molar-refractivity contribution in [1.82, 2.24) is 9.97 Å². The van der Waals surface area contributed by atoms with Crippen LogP contribution in [-0.2, 0) is 11.2 Å². The highest BCUT2D eigenvalue weighted by molar-refractivity contribution is 5.34. The van der Waals surface area contributed by atoms with Crippen molar-refractivity contribution in [3.8, 4) is 0 Å². The number of anilines is 1. The van der Waals surface area contributed by atoms with E-state index in [0.29, 0.717) is 19.8 Å². The Balaban J connectivity index is 2.24. The van der Waals surface area contributed by atoms with Crippen molar-refractivity contribution in [2.45, 2.75) is 13.3 Å². The highest BCUT2D eigenvalue weighted by Gasteiger charge is 1.95. The van der Waals surface area contributed by atoms with Gasteiger partial charge in [-0.25, -0.2) is 9.97 Å². The summed E-state index contributed by atoms with van der Waals surface area (Å²) in [5.41, 5.74) is 1.02. The third-order valence-corrected chi connectivity index (χ3v) is 1.87. The Morgan fingerprint density at radius 3 is 3.00 bits per heavy atom. The maximum atomic E-state index is 8.48. The molecule has 1 heterocycles. The molecule has 5 nitrogen and oxygen atoms in total. The molecule has 0 aliphatic rings. The van der Waals surface area contributed by atoms with Crippen molar-refractivity contribution in [3.05, 3.63) is 18.1 Å². The van der Waals surface area contributed by atoms with Crippen LogP contribution in [0.2, 0.25) is 0 Å². The molecule has 1 rings (SSSR count). The predicted octanol–water partition coefficient (Wildman–Crippen LogP) is 0.460. The molecule has 0 bridgehead atoms. The summed E-state index contributed by atoms with van der Waals surface area (Å²) in [6.45, 7) is 3.74. The lowest BCUT2D eigenvalue weighted by Gasteiger charge is -2.06. The average Bonchev–Trinajstić information content (AvgIpc) is 2.29. The zero-order valence-corrected chi connectivity index (χ0v) is 8.94. The van der Waals surface area contributed by atoms with Gasteiger partial charge in [-0.05, 0) is 6.42 Å². The van der Waals surface area contributed by atoms with Crippen LogP contribution in [0.25, 0.3) is 0 Å². The van der Waals surface area contributed by atoms with Gasteiger partial charge >= 0.3 is 0 Å². The highest BCUT2D eigenvalue weighted by Crippen LogP contribution is 2.03. The largest absolute Gasteiger partial charge is 0.394 e. The van der Waals surface area contributed by atoms with E-state index in [1.165, 1.54) is 0 Å². The Bertz CT molecular complexity index is 281. The number of aryl methyl sites for hydroxylation is 1. The molecule has 0 amide bonds. The predicted molar refractivity (Wildman–Crippen MR) is 57.8 cm³/mol. The van der Waals surface area contributed by atoms with E-state index < -0.39 is 0 Å². The van der Waals surface area contributed by atoms with Gasteiger partial charge in [0.2, 0.25) is 0 Å². The molecule has 2 N–H and O–H groups in total. The van der Waals surface area contributed by atoms with Gasteiger partial charge < -0.3 is 15.2 Å². The van der Waals surface area contributed by atoms with Gasteiger partial charge in [-0.3, -0.25) is 0 Å². The minimum Gasteiger partial charge on any atom is -0.394 e. The second-order valence-electron chi connectivity index (χ2n) is 3.01. The van der Waals surface area contributed by atoms with Gasteiger partial charge in [0.1, 0.15) is 12.1 Å². The first-order valence-electron chi connectivity index (χ1n) is 5.10. The summed E-state index contributed by atoms with van der Waals surface area (Å²) in [6.07, 6.45) is 2.45. The normalized spacial score (nSPS) is 10.3. The monoisotopic (exact) mass is 211 g/mol. The van der Waals surface area contributed by atoms with E-state index in [4.69, 9.17) is 9.84 Å². The first kappa shape index (κ1) is 11.9. The summed E-state index contributed by atoms with van der Waals surface area (Å²) < 4.78 is 5.11. The smallest absolute Gasteiger partial charge is 0.129 e. The zero-order valence-electron chi connectivity index (χ0n) is 8.94. The molecule has 0 unspecified atom stereocenters. The van der Waals surface area contributed by atoms with Gasteiger partial charge in [0, 0.05) is 18.3 Å². The fourth-order valence-electron chi connectivity index (χ4n) is 1.11. The van der Waals surface area contributed by atoms with Gasteiger partial charge in [0.25, 0.3) is 0 Å². The first-order chi connectivity index (χ1) is 7.36. The third kappa shape index (κ3) is 4.71. The molecule has 15 heavy (non-hydrogen) atoms. The fourth-order valence-corrected chi connectivity index (χ4v) is 1.11. The third-order valence-electron chi connectivity index (χ3n) is 1.87. The van der Waals surface area contributed by atoms with Crippen LogP contribution in [-0.4, -0.2) is 41.4 Å². The van der Waals surface area contributed by atoms with Crippen molar-refractivity contribution in [1.29, 1.82) is 0 Å². The number of hydrogen-bond donors (Lipinski definition) is 2. The van der Waals surface area contributed by atoms with E-state index in [2.05, 4.69) is 22.2 Å². The molecular weight excluding hydrogens is 194 g/mol. The van der Waals surface area contributed by atoms with Crippen LogP contribution >= 0.6 is 0 Å². The van der Waals surface area contributed by atoms with Crippen LogP contribution < -0.4 is 5.32 Å². The van der Waals surface area contributed by atoms with Gasteiger partial charge in [-0.2, -0.15) is 0 Å². The molecule has 0 saturated carbocycles. The van der Waals surface area contributed by atoms with E-state index in [0.717, 1.165) is 17.9 Å². The Labute approximate surface area is 89.5 Å². The van der Waals surface area contributed by atoms with Gasteiger partial charge in [0.15, 0.2) is 0 Å². The summed E-state index contributed by atoms with van der Waals surface area (Å²) >= 11 is 0. The van der Waals surface area contributed by atoms with Gasteiger partial charge in [-0.1, -0.05) is 6.92 Å². The van der Waals surface area contributed by atoms with Crippen molar-refractivity contribution >= 4 is 5.82 Å². The average molecular weight is 211 g/mol. The SMILES string of the molecule is CCc1cc(NCCOCCO)ncn1. The first-order valence-corrected chi connectivity index (χ1v) is 5.10. The molecule has 0 saturated heterocycles. The standard InChI is InChI=1S/C10H17N3O2/c1-2-9-7-10(13-8-12-9)11-3-5-15-6-4-14/h7-8,14H,2-6H2,1H3,(H,11,12,13). The van der Waals surface area contributed by atoms with E-state index >= 15 is 0 Å². The second-order valence-corrected chi connectivity index (χ2v) is 3.01. The number of ether oxygens (including phenoxy) is 1. The lowest BCUT2D eigenvalue weighted by Crippen LogP contribution is -2.12. The molecule has 0 aliphatic heterocycles. The Morgan fingerprint density at radius 1 is 1.40 bits per heavy atom. The zero-order chi connectivity index (χ0) is 10.9. The number of aromatic nitrogens is 2. The fraction of sp³-hybridized carbons (Fsp3) is 0.600. The minimum absolute atomic E-state index is 0.0630. The second kappa shape index (κ2) is 7.14. The number of hydrogen-bond acceptors (Lipinski definition) is 5. The molecular formula is C10H17N3O2. The Hall–Kier alpha value is -1.20. The summed E-state index contributed by atoms with van der Waals surface area (Å²) in [5, 5.41) is 11.6. The van der Waals surface area contributed by atoms with Crippen LogP contribution in [0.1, 0.15) is 12.6 Å². The molecule has 0 radical (unpaired) electrons. The summed E-state index contributed by atoms with van der Waals surface area (Å²) in [5.74, 6) is 0.814. The van der Waals surface area contributed by atoms with Crippen LogP contribution in [0.3, 0.4) is 0 Å². The molecule has 0 spiro atoms. The summed E-state index contributed by atoms with van der Waals surface area (Å²) in [7, 11) is 0. The minimum atomic E-state index is 0.0630.